The van der Waals surface area contributed by atoms with Crippen molar-refractivity contribution in [3.63, 3.8) is 0 Å². The molecule has 0 radical (unpaired) electrons. The van der Waals surface area contributed by atoms with Crippen LogP contribution in [0.3, 0.4) is 0 Å². The number of aromatic nitrogens is 2. The Balaban J connectivity index is 2.33. The van der Waals surface area contributed by atoms with Gasteiger partial charge < -0.3 is 5.11 Å². The highest BCUT2D eigenvalue weighted by Gasteiger charge is 2.42. The molecule has 3 heteroatoms. The largest absolute Gasteiger partial charge is 0.385 e. The van der Waals surface area contributed by atoms with Gasteiger partial charge in [-0.3, -0.25) is 0 Å². The van der Waals surface area contributed by atoms with Crippen molar-refractivity contribution in [1.29, 1.82) is 0 Å². The summed E-state index contributed by atoms with van der Waals surface area (Å²) < 4.78 is 0. The fraction of sp³-hybridized carbons (Fsp3) is 0.692. The third kappa shape index (κ3) is 1.96. The zero-order valence-corrected chi connectivity index (χ0v) is 10.1. The van der Waals surface area contributed by atoms with Crippen molar-refractivity contribution in [2.45, 2.75) is 45.1 Å². The lowest BCUT2D eigenvalue weighted by Crippen LogP contribution is -2.40. The lowest BCUT2D eigenvalue weighted by Gasteiger charge is -2.42. The summed E-state index contributed by atoms with van der Waals surface area (Å²) in [5, 5.41) is 10.9. The van der Waals surface area contributed by atoms with Crippen molar-refractivity contribution < 1.29 is 5.11 Å². The molecule has 0 bridgehead atoms. The Bertz CT molecular complexity index is 339. The van der Waals surface area contributed by atoms with E-state index in [1.807, 2.05) is 0 Å². The van der Waals surface area contributed by atoms with E-state index in [0.717, 1.165) is 24.8 Å². The van der Waals surface area contributed by atoms with E-state index in [0.29, 0.717) is 11.8 Å². The molecule has 1 aliphatic rings. The SMILES string of the molecule is CC(C)C1CCCCC1(O)c1cncnc1. The van der Waals surface area contributed by atoms with Crippen LogP contribution in [-0.4, -0.2) is 15.1 Å². The zero-order valence-electron chi connectivity index (χ0n) is 10.1. The van der Waals surface area contributed by atoms with Crippen molar-refractivity contribution in [3.05, 3.63) is 24.3 Å². The van der Waals surface area contributed by atoms with Crippen LogP contribution in [0.4, 0.5) is 0 Å². The van der Waals surface area contributed by atoms with Gasteiger partial charge in [-0.2, -0.15) is 0 Å². The first-order valence-corrected chi connectivity index (χ1v) is 6.12. The second-order valence-corrected chi connectivity index (χ2v) is 5.15. The highest BCUT2D eigenvalue weighted by atomic mass is 16.3. The number of rotatable bonds is 2. The minimum atomic E-state index is -0.715. The molecule has 1 N–H and O–H groups in total. The van der Waals surface area contributed by atoms with Gasteiger partial charge in [-0.15, -0.1) is 0 Å². The average Bonchev–Trinajstić information content (AvgIpc) is 2.30. The van der Waals surface area contributed by atoms with Crippen LogP contribution in [0, 0.1) is 11.8 Å². The summed E-state index contributed by atoms with van der Waals surface area (Å²) in [7, 11) is 0. The number of nitrogens with zero attached hydrogens (tertiary/aromatic N) is 2. The van der Waals surface area contributed by atoms with Crippen LogP contribution in [-0.2, 0) is 5.60 Å². The first-order valence-electron chi connectivity index (χ1n) is 6.12. The van der Waals surface area contributed by atoms with E-state index in [-0.39, 0.29) is 0 Å². The summed E-state index contributed by atoms with van der Waals surface area (Å²) in [6, 6.07) is 0. The first kappa shape index (κ1) is 11.5. The number of hydrogen-bond donors (Lipinski definition) is 1. The molecule has 2 atom stereocenters. The molecule has 0 spiro atoms. The monoisotopic (exact) mass is 220 g/mol. The second-order valence-electron chi connectivity index (χ2n) is 5.15. The Labute approximate surface area is 96.9 Å². The fourth-order valence-corrected chi connectivity index (χ4v) is 2.95. The van der Waals surface area contributed by atoms with Gasteiger partial charge in [0.2, 0.25) is 0 Å². The summed E-state index contributed by atoms with van der Waals surface area (Å²) in [6.07, 6.45) is 9.28. The number of hydrogen-bond acceptors (Lipinski definition) is 3. The van der Waals surface area contributed by atoms with Crippen LogP contribution in [0.5, 0.6) is 0 Å². The van der Waals surface area contributed by atoms with E-state index >= 15 is 0 Å². The van der Waals surface area contributed by atoms with Crippen molar-refractivity contribution >= 4 is 0 Å². The topological polar surface area (TPSA) is 46.0 Å². The standard InChI is InChI=1S/C13H20N2O/c1-10(2)12-5-3-4-6-13(12,16)11-7-14-9-15-8-11/h7-10,12,16H,3-6H2,1-2H3. The van der Waals surface area contributed by atoms with E-state index in [9.17, 15) is 5.11 Å². The van der Waals surface area contributed by atoms with E-state index in [1.165, 1.54) is 12.7 Å². The van der Waals surface area contributed by atoms with E-state index in [1.54, 1.807) is 12.4 Å². The molecule has 0 amide bonds. The van der Waals surface area contributed by atoms with Gasteiger partial charge in [0.1, 0.15) is 6.33 Å². The Kier molecular flexibility index (Phi) is 3.24. The summed E-state index contributed by atoms with van der Waals surface area (Å²) in [4.78, 5) is 8.06. The molecular formula is C13H20N2O. The van der Waals surface area contributed by atoms with Crippen molar-refractivity contribution in [1.82, 2.24) is 9.97 Å². The molecule has 1 saturated carbocycles. The molecule has 1 heterocycles. The molecular weight excluding hydrogens is 200 g/mol. The molecule has 0 aromatic carbocycles. The van der Waals surface area contributed by atoms with Gasteiger partial charge in [0, 0.05) is 18.0 Å². The number of aliphatic hydroxyl groups is 1. The van der Waals surface area contributed by atoms with Crippen molar-refractivity contribution in [2.75, 3.05) is 0 Å². The molecule has 1 fully saturated rings. The van der Waals surface area contributed by atoms with Gasteiger partial charge in [-0.1, -0.05) is 26.7 Å². The van der Waals surface area contributed by atoms with Crippen LogP contribution in [0.1, 0.15) is 45.1 Å². The van der Waals surface area contributed by atoms with Gasteiger partial charge in [0.15, 0.2) is 0 Å². The molecule has 0 saturated heterocycles. The van der Waals surface area contributed by atoms with Crippen LogP contribution in [0.2, 0.25) is 0 Å². The van der Waals surface area contributed by atoms with Crippen LogP contribution < -0.4 is 0 Å². The van der Waals surface area contributed by atoms with Gasteiger partial charge >= 0.3 is 0 Å². The predicted molar refractivity (Wildman–Crippen MR) is 62.7 cm³/mol. The predicted octanol–water partition coefficient (Wildman–Crippen LogP) is 2.51. The normalized spacial score (nSPS) is 30.6. The third-order valence-corrected chi connectivity index (χ3v) is 3.80. The highest BCUT2D eigenvalue weighted by Crippen LogP contribution is 2.44. The Morgan fingerprint density at radius 1 is 1.31 bits per heavy atom. The van der Waals surface area contributed by atoms with Crippen LogP contribution in [0.25, 0.3) is 0 Å². The molecule has 0 aliphatic heterocycles. The van der Waals surface area contributed by atoms with Crippen molar-refractivity contribution in [3.8, 4) is 0 Å². The van der Waals surface area contributed by atoms with Crippen LogP contribution in [0.15, 0.2) is 18.7 Å². The minimum absolute atomic E-state index is 0.326. The molecule has 1 aliphatic carbocycles. The molecule has 16 heavy (non-hydrogen) atoms. The smallest absolute Gasteiger partial charge is 0.115 e. The maximum absolute atomic E-state index is 10.9. The molecule has 1 aromatic heterocycles. The molecule has 2 unspecified atom stereocenters. The lowest BCUT2D eigenvalue weighted by atomic mass is 9.68. The Morgan fingerprint density at radius 2 is 2.00 bits per heavy atom. The Morgan fingerprint density at radius 3 is 2.62 bits per heavy atom. The second kappa shape index (κ2) is 4.50. The van der Waals surface area contributed by atoms with Gasteiger partial charge in [0.05, 0.1) is 5.60 Å². The Hall–Kier alpha value is -0.960. The fourth-order valence-electron chi connectivity index (χ4n) is 2.95. The maximum Gasteiger partial charge on any atom is 0.115 e. The van der Waals surface area contributed by atoms with Gasteiger partial charge in [-0.25, -0.2) is 9.97 Å². The highest BCUT2D eigenvalue weighted by molar-refractivity contribution is 5.17. The van der Waals surface area contributed by atoms with Crippen molar-refractivity contribution in [2.24, 2.45) is 11.8 Å². The summed E-state index contributed by atoms with van der Waals surface area (Å²) in [5.74, 6) is 0.817. The summed E-state index contributed by atoms with van der Waals surface area (Å²) in [6.45, 7) is 4.37. The quantitative estimate of drug-likeness (QED) is 0.833. The molecule has 1 aromatic rings. The lowest BCUT2D eigenvalue weighted by molar-refractivity contribution is -0.0726. The first-order chi connectivity index (χ1) is 7.64. The van der Waals surface area contributed by atoms with Gasteiger partial charge in [0.25, 0.3) is 0 Å². The molecule has 88 valence electrons. The average molecular weight is 220 g/mol. The molecule has 3 nitrogen and oxygen atoms in total. The van der Waals surface area contributed by atoms with E-state index in [4.69, 9.17) is 0 Å². The maximum atomic E-state index is 10.9. The molecule has 2 rings (SSSR count). The van der Waals surface area contributed by atoms with Gasteiger partial charge in [-0.05, 0) is 24.7 Å². The third-order valence-electron chi connectivity index (χ3n) is 3.80. The van der Waals surface area contributed by atoms with E-state index in [2.05, 4.69) is 23.8 Å². The van der Waals surface area contributed by atoms with E-state index < -0.39 is 5.60 Å². The zero-order chi connectivity index (χ0) is 11.6. The van der Waals surface area contributed by atoms with Crippen LogP contribution >= 0.6 is 0 Å². The summed E-state index contributed by atoms with van der Waals surface area (Å²) in [5.41, 5.74) is 0.168. The minimum Gasteiger partial charge on any atom is -0.385 e. The summed E-state index contributed by atoms with van der Waals surface area (Å²) >= 11 is 0.